The standard InChI is InChI=1S/C67H110O32/c1-26(2)12-11-17-66(8)36-15-19-65(7)28-13-14-35-63(4,5)38(16-18-64(35,6)29(28)20-37(72)67(36,65)62(84)99-66)94-61-55(43(77)34(25-87-61)93-57-48(82)53(41(75)32(23-70)89-57)96-58-46(80)51(85-9)39(73)30(21-68)90-58)98-56-45(79)44(78)50(27(3)88-56)95-60-49(83)54(42(76)33(24-71)92-60)97-59-47(81)52(86-10)40(74)31(22-69)91-59/h20,26-28,30-61,68-83H,11-19,21-25H2,1-10H3/t27-,28-,30-,31-,32-,33-,34-,35+,36-,37+,38+,39-,40-,41-,42-,43+,44-,45-,46-,47-,48-,49-,50-,51+,52+,53+,54+,55-,56+,57+,58+,59+,60+,61+,64-,65+,66+,67-/m1/s1. The van der Waals surface area contributed by atoms with E-state index in [2.05, 4.69) is 41.5 Å². The fourth-order valence-electron chi connectivity index (χ4n) is 19.4. The highest BCUT2D eigenvalue weighted by Gasteiger charge is 2.79. The summed E-state index contributed by atoms with van der Waals surface area (Å²) in [4.78, 5) is 14.6. The molecule has 16 N–H and O–H groups in total. The molecule has 11 aliphatic rings. The molecule has 0 aromatic carbocycles. The molecule has 0 amide bonds. The zero-order valence-electron chi connectivity index (χ0n) is 57.9. The Bertz CT molecular complexity index is 2740. The molecule has 7 aliphatic heterocycles. The third kappa shape index (κ3) is 13.5. The molecule has 0 aromatic rings. The van der Waals surface area contributed by atoms with E-state index in [-0.39, 0.29) is 23.7 Å². The van der Waals surface area contributed by atoms with E-state index < -0.39 is 251 Å². The number of aliphatic hydroxyl groups is 16. The maximum atomic E-state index is 14.6. The highest BCUT2D eigenvalue weighted by molar-refractivity contribution is 5.84. The number of allylic oxidation sites excluding steroid dienone is 1. The lowest BCUT2D eigenvalue weighted by Crippen LogP contribution is -2.67. The predicted molar refractivity (Wildman–Crippen MR) is 332 cm³/mol. The van der Waals surface area contributed by atoms with Crippen LogP contribution >= 0.6 is 0 Å². The van der Waals surface area contributed by atoms with E-state index in [1.807, 2.05) is 13.0 Å². The summed E-state index contributed by atoms with van der Waals surface area (Å²) in [5.41, 5.74) is -2.51. The molecule has 0 aromatic heterocycles. The number of hydrogen-bond acceptors (Lipinski definition) is 32. The monoisotopic (exact) mass is 1430 g/mol. The zero-order chi connectivity index (χ0) is 72.1. The van der Waals surface area contributed by atoms with Crippen molar-refractivity contribution in [1.82, 2.24) is 0 Å². The summed E-state index contributed by atoms with van der Waals surface area (Å²) in [6.07, 6.45) is -42.5. The summed E-state index contributed by atoms with van der Waals surface area (Å²) in [6, 6.07) is 0. The molecule has 0 unspecified atom stereocenters. The maximum Gasteiger partial charge on any atom is 0.316 e. The van der Waals surface area contributed by atoms with Gasteiger partial charge in [0.15, 0.2) is 37.7 Å². The first-order chi connectivity index (χ1) is 46.8. The van der Waals surface area contributed by atoms with Crippen molar-refractivity contribution in [1.29, 1.82) is 0 Å². The number of ether oxygens (including phenoxy) is 15. The Labute approximate surface area is 575 Å². The third-order valence-electron chi connectivity index (χ3n) is 24.9. The summed E-state index contributed by atoms with van der Waals surface area (Å²) in [6.45, 7) is 12.6. The molecule has 3 saturated carbocycles. The minimum absolute atomic E-state index is 0.0371. The Kier molecular flexibility index (Phi) is 23.9. The fraction of sp³-hybridized carbons (Fsp3) is 0.955. The Hall–Kier alpha value is -1.99. The van der Waals surface area contributed by atoms with Crippen LogP contribution in [-0.2, 0) is 75.8 Å². The first kappa shape index (κ1) is 78.1. The first-order valence-electron chi connectivity index (χ1n) is 35.2. The third-order valence-corrected chi connectivity index (χ3v) is 24.9. The second-order valence-electron chi connectivity index (χ2n) is 31.2. The van der Waals surface area contributed by atoms with E-state index >= 15 is 0 Å². The molecule has 32 heteroatoms. The van der Waals surface area contributed by atoms with Gasteiger partial charge in [-0.25, -0.2) is 0 Å². The van der Waals surface area contributed by atoms with Crippen molar-refractivity contribution in [3.8, 4) is 0 Å². The Morgan fingerprint density at radius 2 is 0.980 bits per heavy atom. The van der Waals surface area contributed by atoms with Gasteiger partial charge in [0, 0.05) is 20.1 Å². The number of methoxy groups -OCH3 is 2. The van der Waals surface area contributed by atoms with Crippen LogP contribution in [0.15, 0.2) is 11.6 Å². The maximum absolute atomic E-state index is 14.6. The van der Waals surface area contributed by atoms with Gasteiger partial charge in [-0.2, -0.15) is 0 Å². The van der Waals surface area contributed by atoms with E-state index in [9.17, 15) is 86.5 Å². The molecule has 0 radical (unpaired) electrons. The molecular weight excluding hydrogens is 1320 g/mol. The van der Waals surface area contributed by atoms with Gasteiger partial charge in [-0.15, -0.1) is 0 Å². The van der Waals surface area contributed by atoms with Gasteiger partial charge in [-0.3, -0.25) is 4.79 Å². The fourth-order valence-corrected chi connectivity index (χ4v) is 19.4. The van der Waals surface area contributed by atoms with E-state index in [0.29, 0.717) is 38.0 Å². The van der Waals surface area contributed by atoms with Gasteiger partial charge in [-0.1, -0.05) is 59.6 Å². The number of aliphatic hydroxyl groups excluding tert-OH is 16. The van der Waals surface area contributed by atoms with Crippen LogP contribution in [0.1, 0.15) is 113 Å². The lowest BCUT2D eigenvalue weighted by atomic mass is 9.40. The molecule has 10 fully saturated rings. The molecule has 38 atom stereocenters. The predicted octanol–water partition coefficient (Wildman–Crippen LogP) is -4.03. The van der Waals surface area contributed by atoms with Gasteiger partial charge in [0.05, 0.1) is 51.3 Å². The SMILES string of the molecule is CO[C@@H]1[C@@H](O)[C@H](O[C@@H]2[C@@H](O)[C@H](O[C@H]3[C@H](O)[C@@H](O)[C@H](O[C@H]4[C@H](O[C@H]5CC[C@]6(C)C7=C[C@H](O)[C@@]89C(=O)O[C@@](C)(CCCC(C)C)[C@H]8CC[C@@]9(C)[C@@H]7CC[C@H]6C5(C)C)OC[C@@H](O[C@@H]5O[C@H](CO)[C@@H](O)[C@H](O[C@@H]6O[C@H](CO)[C@@H](O)[C@H](OC)[C@H]6O)[C@H]5O)[C@@H]4O)O[C@@H]3C)O[C@H](CO)[C@H]2O)O[C@H](CO)[C@H]1O. The van der Waals surface area contributed by atoms with E-state index in [4.69, 9.17) is 71.1 Å². The average Bonchev–Trinajstić information content (AvgIpc) is 1.53. The van der Waals surface area contributed by atoms with E-state index in [0.717, 1.165) is 31.3 Å². The highest BCUT2D eigenvalue weighted by Crippen LogP contribution is 2.76. The molecular formula is C67H110O32. The molecule has 11 rings (SSSR count). The minimum Gasteiger partial charge on any atom is -0.459 e. The van der Waals surface area contributed by atoms with Gasteiger partial charge >= 0.3 is 5.97 Å². The Balaban J connectivity index is 0.839. The lowest BCUT2D eigenvalue weighted by Gasteiger charge is -2.64. The number of rotatable bonds is 22. The van der Waals surface area contributed by atoms with Gasteiger partial charge in [0.2, 0.25) is 0 Å². The van der Waals surface area contributed by atoms with Crippen molar-refractivity contribution in [3.63, 3.8) is 0 Å². The topological polar surface area (TPSA) is 479 Å². The molecule has 7 saturated heterocycles. The molecule has 570 valence electrons. The molecule has 99 heavy (non-hydrogen) atoms. The quantitative estimate of drug-likeness (QED) is 0.0279. The van der Waals surface area contributed by atoms with Gasteiger partial charge in [0.25, 0.3) is 0 Å². The van der Waals surface area contributed by atoms with Crippen LogP contribution in [0.2, 0.25) is 0 Å². The minimum atomic E-state index is -2.08. The van der Waals surface area contributed by atoms with Crippen LogP contribution in [0.3, 0.4) is 0 Å². The molecule has 4 aliphatic carbocycles. The second-order valence-corrected chi connectivity index (χ2v) is 31.2. The van der Waals surface area contributed by atoms with Crippen LogP contribution in [-0.4, -0.2) is 331 Å². The Morgan fingerprint density at radius 1 is 0.505 bits per heavy atom. The first-order valence-corrected chi connectivity index (χ1v) is 35.2. The van der Waals surface area contributed by atoms with Crippen molar-refractivity contribution in [3.05, 3.63) is 11.6 Å². The average molecular weight is 1430 g/mol. The largest absolute Gasteiger partial charge is 0.459 e. The molecule has 32 nitrogen and oxygen atoms in total. The number of carbonyl (C=O) groups excluding carboxylic acids is 1. The van der Waals surface area contributed by atoms with Crippen LogP contribution in [0, 0.1) is 45.3 Å². The summed E-state index contributed by atoms with van der Waals surface area (Å²) in [7, 11) is 2.36. The number of esters is 1. The summed E-state index contributed by atoms with van der Waals surface area (Å²) in [5.74, 6) is -0.129. The van der Waals surface area contributed by atoms with Gasteiger partial charge in [-0.05, 0) is 99.2 Å². The highest BCUT2D eigenvalue weighted by atomic mass is 16.8. The molecule has 1 spiro atoms. The number of cyclic esters (lactones) is 1. The molecule has 7 heterocycles. The lowest BCUT2D eigenvalue weighted by molar-refractivity contribution is -0.397. The number of carbonyl (C=O) groups is 1. The normalized spacial score (nSPS) is 52.9. The van der Waals surface area contributed by atoms with Crippen molar-refractivity contribution >= 4 is 5.97 Å². The zero-order valence-corrected chi connectivity index (χ0v) is 57.9. The van der Waals surface area contributed by atoms with Crippen LogP contribution in [0.25, 0.3) is 0 Å². The van der Waals surface area contributed by atoms with Gasteiger partial charge < -0.3 is 153 Å². The summed E-state index contributed by atoms with van der Waals surface area (Å²) < 4.78 is 90.2. The van der Waals surface area contributed by atoms with E-state index in [1.54, 1.807) is 0 Å². The number of hydrogen-bond donors (Lipinski definition) is 16. The Morgan fingerprint density at radius 3 is 1.48 bits per heavy atom. The van der Waals surface area contributed by atoms with Crippen molar-refractivity contribution in [2.75, 3.05) is 47.3 Å². The second kappa shape index (κ2) is 30.3. The smallest absolute Gasteiger partial charge is 0.316 e. The van der Waals surface area contributed by atoms with E-state index in [1.165, 1.54) is 21.1 Å². The van der Waals surface area contributed by atoms with Crippen molar-refractivity contribution in [2.45, 2.75) is 309 Å². The van der Waals surface area contributed by atoms with Crippen molar-refractivity contribution in [2.24, 2.45) is 45.3 Å². The summed E-state index contributed by atoms with van der Waals surface area (Å²) in [5, 5.41) is 180. The molecule has 0 bridgehead atoms. The van der Waals surface area contributed by atoms with Crippen LogP contribution in [0.5, 0.6) is 0 Å². The van der Waals surface area contributed by atoms with Gasteiger partial charge in [0.1, 0.15) is 145 Å². The number of fused-ring (bicyclic) bond motifs is 4. The van der Waals surface area contributed by atoms with Crippen LogP contribution < -0.4 is 0 Å². The van der Waals surface area contributed by atoms with Crippen molar-refractivity contribution < 1.29 is 158 Å². The summed E-state index contributed by atoms with van der Waals surface area (Å²) >= 11 is 0. The van der Waals surface area contributed by atoms with Crippen LogP contribution in [0.4, 0.5) is 0 Å².